The van der Waals surface area contributed by atoms with E-state index in [1.807, 2.05) is 0 Å². The molecule has 2 atom stereocenters. The van der Waals surface area contributed by atoms with Crippen molar-refractivity contribution in [3.8, 4) is 0 Å². The third-order valence-corrected chi connectivity index (χ3v) is 5.39. The van der Waals surface area contributed by atoms with Gasteiger partial charge in [0.05, 0.1) is 6.54 Å². The molecule has 0 aromatic carbocycles. The number of carbonyl (C=O) groups is 1. The van der Waals surface area contributed by atoms with Crippen LogP contribution < -0.4 is 5.32 Å². The van der Waals surface area contributed by atoms with Gasteiger partial charge in [-0.2, -0.15) is 13.2 Å². The highest BCUT2D eigenvalue weighted by atomic mass is 19.4. The Kier molecular flexibility index (Phi) is 3.78. The van der Waals surface area contributed by atoms with Crippen molar-refractivity contribution in [1.29, 1.82) is 0 Å². The van der Waals surface area contributed by atoms with E-state index in [2.05, 4.69) is 15.5 Å². The minimum Gasteiger partial charge on any atom is -0.333 e. The summed E-state index contributed by atoms with van der Waals surface area (Å²) >= 11 is 0. The number of carbonyl (C=O) groups excluding carboxylic acids is 1. The summed E-state index contributed by atoms with van der Waals surface area (Å²) in [5.74, 6) is -0.363. The number of hydrogen-bond donors (Lipinski definition) is 1. The summed E-state index contributed by atoms with van der Waals surface area (Å²) in [6, 6.07) is 1.06. The zero-order chi connectivity index (χ0) is 16.9. The van der Waals surface area contributed by atoms with E-state index in [1.165, 1.54) is 12.8 Å². The first kappa shape index (κ1) is 15.9. The van der Waals surface area contributed by atoms with Gasteiger partial charge in [-0.15, -0.1) is 10.2 Å². The molecule has 0 aliphatic carbocycles. The summed E-state index contributed by atoms with van der Waals surface area (Å²) < 4.78 is 39.6. The predicted molar refractivity (Wildman–Crippen MR) is 77.7 cm³/mol. The van der Waals surface area contributed by atoms with Crippen LogP contribution in [0.2, 0.25) is 0 Å². The number of halogens is 3. The van der Waals surface area contributed by atoms with Gasteiger partial charge in [0.15, 0.2) is 5.82 Å². The van der Waals surface area contributed by atoms with Crippen molar-refractivity contribution in [3.63, 3.8) is 0 Å². The van der Waals surface area contributed by atoms with Gasteiger partial charge in [0.1, 0.15) is 0 Å². The van der Waals surface area contributed by atoms with Crippen LogP contribution in [0, 0.1) is 5.92 Å². The molecule has 4 heterocycles. The van der Waals surface area contributed by atoms with Crippen molar-refractivity contribution in [2.45, 2.75) is 63.5 Å². The lowest BCUT2D eigenvalue weighted by Gasteiger charge is -2.32. The molecular weight excluding hydrogens is 323 g/mol. The second-order valence-electron chi connectivity index (χ2n) is 7.08. The van der Waals surface area contributed by atoms with Gasteiger partial charge >= 0.3 is 6.18 Å². The van der Waals surface area contributed by atoms with Crippen LogP contribution >= 0.6 is 0 Å². The largest absolute Gasteiger partial charge is 0.451 e. The van der Waals surface area contributed by atoms with Crippen molar-refractivity contribution in [2.24, 2.45) is 5.92 Å². The molecule has 132 valence electrons. The van der Waals surface area contributed by atoms with Crippen LogP contribution in [0.15, 0.2) is 0 Å². The van der Waals surface area contributed by atoms with E-state index in [9.17, 15) is 18.0 Å². The summed E-state index contributed by atoms with van der Waals surface area (Å²) in [5, 5.41) is 10.4. The molecule has 24 heavy (non-hydrogen) atoms. The normalized spacial score (nSPS) is 29.6. The van der Waals surface area contributed by atoms with Crippen LogP contribution in [0.3, 0.4) is 0 Å². The minimum absolute atomic E-state index is 0.0177. The lowest BCUT2D eigenvalue weighted by molar-refractivity contribution is -0.148. The van der Waals surface area contributed by atoms with Gasteiger partial charge in [-0.1, -0.05) is 0 Å². The predicted octanol–water partition coefficient (Wildman–Crippen LogP) is 1.56. The molecule has 1 N–H and O–H groups in total. The molecule has 2 saturated heterocycles. The first-order valence-electron chi connectivity index (χ1n) is 8.43. The van der Waals surface area contributed by atoms with E-state index in [0.717, 1.165) is 17.4 Å². The molecule has 2 bridgehead atoms. The third-order valence-electron chi connectivity index (χ3n) is 5.39. The maximum absolute atomic E-state index is 12.8. The topological polar surface area (TPSA) is 63.1 Å². The fourth-order valence-corrected chi connectivity index (χ4v) is 4.30. The zero-order valence-corrected chi connectivity index (χ0v) is 13.2. The number of hydrogen-bond acceptors (Lipinski definition) is 4. The Labute approximate surface area is 137 Å². The lowest BCUT2D eigenvalue weighted by atomic mass is 9.89. The molecule has 0 spiro atoms. The number of fused-ring (bicyclic) bond motifs is 3. The van der Waals surface area contributed by atoms with Gasteiger partial charge in [0, 0.05) is 31.6 Å². The third kappa shape index (κ3) is 2.89. The van der Waals surface area contributed by atoms with E-state index in [-0.39, 0.29) is 31.4 Å². The molecule has 6 nitrogen and oxygen atoms in total. The Morgan fingerprint density at radius 3 is 2.54 bits per heavy atom. The van der Waals surface area contributed by atoms with Gasteiger partial charge in [0.25, 0.3) is 0 Å². The monoisotopic (exact) mass is 343 g/mol. The summed E-state index contributed by atoms with van der Waals surface area (Å²) in [7, 11) is 0. The molecule has 1 amide bonds. The summed E-state index contributed by atoms with van der Waals surface area (Å²) in [6.07, 6.45) is 0.376. The van der Waals surface area contributed by atoms with Crippen LogP contribution in [0.1, 0.15) is 43.8 Å². The first-order valence-corrected chi connectivity index (χ1v) is 8.43. The van der Waals surface area contributed by atoms with Crippen LogP contribution in [0.25, 0.3) is 0 Å². The average molecular weight is 343 g/mol. The highest BCUT2D eigenvalue weighted by molar-refractivity contribution is 5.76. The van der Waals surface area contributed by atoms with E-state index in [0.29, 0.717) is 24.4 Å². The van der Waals surface area contributed by atoms with E-state index in [4.69, 9.17) is 0 Å². The van der Waals surface area contributed by atoms with Gasteiger partial charge < -0.3 is 14.8 Å². The van der Waals surface area contributed by atoms with Gasteiger partial charge in [-0.3, -0.25) is 4.79 Å². The molecule has 3 aliphatic heterocycles. The van der Waals surface area contributed by atoms with Crippen molar-refractivity contribution in [3.05, 3.63) is 11.6 Å². The highest BCUT2D eigenvalue weighted by Crippen LogP contribution is 2.33. The SMILES string of the molecule is O=C(CC1CC2CCC(C1)N2)N1CCn2c(nnc2C(F)(F)F)C1. The Hall–Kier alpha value is -1.64. The fraction of sp³-hybridized carbons (Fsp3) is 0.800. The summed E-state index contributed by atoms with van der Waals surface area (Å²) in [6.45, 7) is 0.491. The number of rotatable bonds is 2. The van der Waals surface area contributed by atoms with Crippen LogP contribution in [0.5, 0.6) is 0 Å². The quantitative estimate of drug-likeness (QED) is 0.885. The standard InChI is InChI=1S/C15H20F3N5O/c16-15(17,18)14-21-20-12-8-22(3-4-23(12)14)13(24)7-9-5-10-1-2-11(6-9)19-10/h9-11,19H,1-8H2. The molecular formula is C15H20F3N5O. The van der Waals surface area contributed by atoms with Crippen LogP contribution in [-0.4, -0.2) is 44.2 Å². The highest BCUT2D eigenvalue weighted by Gasteiger charge is 2.40. The van der Waals surface area contributed by atoms with Crippen LogP contribution in [-0.2, 0) is 24.1 Å². The van der Waals surface area contributed by atoms with Crippen molar-refractivity contribution < 1.29 is 18.0 Å². The van der Waals surface area contributed by atoms with Crippen molar-refractivity contribution >= 4 is 5.91 Å². The van der Waals surface area contributed by atoms with Gasteiger partial charge in [0.2, 0.25) is 11.7 Å². The smallest absolute Gasteiger partial charge is 0.333 e. The number of piperidine rings is 1. The molecule has 1 aromatic heterocycles. The maximum Gasteiger partial charge on any atom is 0.451 e. The Bertz CT molecular complexity index is 632. The number of nitrogens with zero attached hydrogens (tertiary/aromatic N) is 4. The Balaban J connectivity index is 1.39. The number of nitrogens with one attached hydrogen (secondary N) is 1. The van der Waals surface area contributed by atoms with Gasteiger partial charge in [-0.25, -0.2) is 0 Å². The van der Waals surface area contributed by atoms with Gasteiger partial charge in [-0.05, 0) is 31.6 Å². The molecule has 2 fully saturated rings. The minimum atomic E-state index is -4.51. The number of aromatic nitrogens is 3. The van der Waals surface area contributed by atoms with Crippen LogP contribution in [0.4, 0.5) is 13.2 Å². The summed E-state index contributed by atoms with van der Waals surface area (Å²) in [5.41, 5.74) is 0. The number of amides is 1. The van der Waals surface area contributed by atoms with Crippen molar-refractivity contribution in [2.75, 3.05) is 6.54 Å². The number of alkyl halides is 3. The Morgan fingerprint density at radius 2 is 1.88 bits per heavy atom. The lowest BCUT2D eigenvalue weighted by Crippen LogP contribution is -2.42. The van der Waals surface area contributed by atoms with Crippen molar-refractivity contribution in [1.82, 2.24) is 25.0 Å². The van der Waals surface area contributed by atoms with E-state index >= 15 is 0 Å². The molecule has 0 radical (unpaired) electrons. The second kappa shape index (κ2) is 5.72. The molecule has 2 unspecified atom stereocenters. The Morgan fingerprint density at radius 1 is 1.17 bits per heavy atom. The van der Waals surface area contributed by atoms with E-state index in [1.54, 1.807) is 4.90 Å². The first-order chi connectivity index (χ1) is 11.4. The molecule has 1 aromatic rings. The molecule has 0 saturated carbocycles. The maximum atomic E-state index is 12.8. The summed E-state index contributed by atoms with van der Waals surface area (Å²) in [4.78, 5) is 14.2. The average Bonchev–Trinajstić information content (AvgIpc) is 3.09. The van der Waals surface area contributed by atoms with E-state index < -0.39 is 12.0 Å². The molecule has 3 aliphatic rings. The fourth-order valence-electron chi connectivity index (χ4n) is 4.30. The molecule has 4 rings (SSSR count). The molecule has 9 heteroatoms. The zero-order valence-electron chi connectivity index (χ0n) is 13.2. The second-order valence-corrected chi connectivity index (χ2v) is 7.08.